The van der Waals surface area contributed by atoms with Crippen LogP contribution in [0.3, 0.4) is 0 Å². The average Bonchev–Trinajstić information content (AvgIpc) is 3.56. The Labute approximate surface area is 195 Å². The Hall–Kier alpha value is -3.55. The fourth-order valence-electron chi connectivity index (χ4n) is 3.92. The standard InChI is InChI=1S/C25H32N6O2/c1-3-27-25(29-16-19-11-12-23(28-15-19)31-14-13-26-18-31)30-17-20-7-6-10-22(32-2)24(20)33-21-8-4-5-9-21/h6-7,10-15,18,21H,3-5,8-9,16-17H2,1-2H3,(H2,27,29,30). The summed E-state index contributed by atoms with van der Waals surface area (Å²) in [5, 5.41) is 6.74. The zero-order chi connectivity index (χ0) is 22.9. The van der Waals surface area contributed by atoms with E-state index in [0.717, 1.165) is 53.8 Å². The van der Waals surface area contributed by atoms with Gasteiger partial charge in [-0.2, -0.15) is 0 Å². The third-order valence-corrected chi connectivity index (χ3v) is 5.66. The van der Waals surface area contributed by atoms with Crippen LogP contribution < -0.4 is 20.1 Å². The summed E-state index contributed by atoms with van der Waals surface area (Å²) in [6, 6.07) is 10.0. The number of hydrogen-bond acceptors (Lipinski definition) is 5. The van der Waals surface area contributed by atoms with Crippen molar-refractivity contribution in [1.82, 2.24) is 25.2 Å². The summed E-state index contributed by atoms with van der Waals surface area (Å²) in [7, 11) is 1.69. The normalized spacial score (nSPS) is 14.3. The number of nitrogens with one attached hydrogen (secondary N) is 2. The topological polar surface area (TPSA) is 85.6 Å². The van der Waals surface area contributed by atoms with Crippen molar-refractivity contribution in [2.45, 2.75) is 51.8 Å². The number of ether oxygens (including phenoxy) is 2. The molecule has 0 saturated heterocycles. The first kappa shape index (κ1) is 22.6. The van der Waals surface area contributed by atoms with Gasteiger partial charge < -0.3 is 20.1 Å². The molecule has 0 unspecified atom stereocenters. The van der Waals surface area contributed by atoms with E-state index in [9.17, 15) is 0 Å². The molecule has 1 fully saturated rings. The molecule has 1 aliphatic rings. The monoisotopic (exact) mass is 448 g/mol. The van der Waals surface area contributed by atoms with Gasteiger partial charge in [-0.1, -0.05) is 18.2 Å². The first-order valence-electron chi connectivity index (χ1n) is 11.5. The van der Waals surface area contributed by atoms with Gasteiger partial charge in [-0.05, 0) is 50.3 Å². The molecule has 0 spiro atoms. The Morgan fingerprint density at radius 1 is 1.18 bits per heavy atom. The molecular weight excluding hydrogens is 416 g/mol. The third-order valence-electron chi connectivity index (χ3n) is 5.66. The number of guanidine groups is 1. The molecule has 0 radical (unpaired) electrons. The molecule has 2 aromatic heterocycles. The lowest BCUT2D eigenvalue weighted by Crippen LogP contribution is -2.37. The average molecular weight is 449 g/mol. The first-order valence-corrected chi connectivity index (χ1v) is 11.5. The second-order valence-electron chi connectivity index (χ2n) is 8.02. The van der Waals surface area contributed by atoms with E-state index in [1.807, 2.05) is 41.2 Å². The summed E-state index contributed by atoms with van der Waals surface area (Å²) in [6.07, 6.45) is 12.1. The summed E-state index contributed by atoms with van der Waals surface area (Å²) in [4.78, 5) is 13.3. The van der Waals surface area contributed by atoms with E-state index in [1.165, 1.54) is 12.8 Å². The maximum absolute atomic E-state index is 6.35. The molecule has 0 amide bonds. The summed E-state index contributed by atoms with van der Waals surface area (Å²) in [5.41, 5.74) is 2.08. The Bertz CT molecular complexity index is 1030. The number of methoxy groups -OCH3 is 1. The second kappa shape index (κ2) is 11.4. The molecule has 3 aromatic rings. The van der Waals surface area contributed by atoms with Crippen molar-refractivity contribution in [2.24, 2.45) is 4.99 Å². The van der Waals surface area contributed by atoms with Gasteiger partial charge in [-0.25, -0.2) is 15.0 Å². The van der Waals surface area contributed by atoms with Crippen LogP contribution in [0.25, 0.3) is 5.82 Å². The van der Waals surface area contributed by atoms with Crippen LogP contribution in [-0.2, 0) is 13.1 Å². The number of benzene rings is 1. The van der Waals surface area contributed by atoms with Gasteiger partial charge in [-0.15, -0.1) is 0 Å². The van der Waals surface area contributed by atoms with Gasteiger partial charge in [0.25, 0.3) is 0 Å². The minimum Gasteiger partial charge on any atom is -0.493 e. The lowest BCUT2D eigenvalue weighted by atomic mass is 10.1. The summed E-state index contributed by atoms with van der Waals surface area (Å²) in [5.74, 6) is 3.17. The van der Waals surface area contributed by atoms with Crippen LogP contribution in [0.2, 0.25) is 0 Å². The number of aromatic nitrogens is 3. The highest BCUT2D eigenvalue weighted by molar-refractivity contribution is 5.79. The van der Waals surface area contributed by atoms with Crippen molar-refractivity contribution in [3.8, 4) is 17.3 Å². The lowest BCUT2D eigenvalue weighted by molar-refractivity contribution is 0.198. The number of rotatable bonds is 9. The molecule has 2 N–H and O–H groups in total. The Morgan fingerprint density at radius 2 is 2.06 bits per heavy atom. The van der Waals surface area contributed by atoms with E-state index in [0.29, 0.717) is 13.1 Å². The van der Waals surface area contributed by atoms with Crippen molar-refractivity contribution in [2.75, 3.05) is 13.7 Å². The van der Waals surface area contributed by atoms with Gasteiger partial charge in [-0.3, -0.25) is 4.57 Å². The molecule has 1 saturated carbocycles. The predicted octanol–water partition coefficient (Wildman–Crippen LogP) is 3.85. The van der Waals surface area contributed by atoms with Crippen LogP contribution in [0, 0.1) is 0 Å². The summed E-state index contributed by atoms with van der Waals surface area (Å²) >= 11 is 0. The van der Waals surface area contributed by atoms with Gasteiger partial charge >= 0.3 is 0 Å². The fourth-order valence-corrected chi connectivity index (χ4v) is 3.92. The fraction of sp³-hybridized carbons (Fsp3) is 0.400. The predicted molar refractivity (Wildman–Crippen MR) is 129 cm³/mol. The molecular formula is C25H32N6O2. The molecule has 8 nitrogen and oxygen atoms in total. The van der Waals surface area contributed by atoms with Crippen LogP contribution in [0.15, 0.2) is 60.2 Å². The van der Waals surface area contributed by atoms with Gasteiger partial charge in [0.15, 0.2) is 17.5 Å². The maximum atomic E-state index is 6.35. The molecule has 1 aliphatic carbocycles. The van der Waals surface area contributed by atoms with Crippen LogP contribution in [0.1, 0.15) is 43.7 Å². The molecule has 1 aromatic carbocycles. The maximum Gasteiger partial charge on any atom is 0.191 e. The van der Waals surface area contributed by atoms with E-state index in [4.69, 9.17) is 14.5 Å². The molecule has 0 atom stereocenters. The number of hydrogen-bond donors (Lipinski definition) is 2. The van der Waals surface area contributed by atoms with Crippen molar-refractivity contribution >= 4 is 5.96 Å². The minimum atomic E-state index is 0.264. The molecule has 174 valence electrons. The smallest absolute Gasteiger partial charge is 0.191 e. The molecule has 0 bridgehead atoms. The van der Waals surface area contributed by atoms with Crippen LogP contribution in [0.4, 0.5) is 0 Å². The zero-order valence-electron chi connectivity index (χ0n) is 19.3. The Kier molecular flexibility index (Phi) is 7.79. The molecule has 8 heteroatoms. The number of aliphatic imine (C=N–C) groups is 1. The van der Waals surface area contributed by atoms with Crippen molar-refractivity contribution in [1.29, 1.82) is 0 Å². The highest BCUT2D eigenvalue weighted by atomic mass is 16.5. The van der Waals surface area contributed by atoms with Gasteiger partial charge in [0.1, 0.15) is 12.1 Å². The van der Waals surface area contributed by atoms with Crippen LogP contribution >= 0.6 is 0 Å². The van der Waals surface area contributed by atoms with E-state index < -0.39 is 0 Å². The zero-order valence-corrected chi connectivity index (χ0v) is 19.3. The number of para-hydroxylation sites is 1. The largest absolute Gasteiger partial charge is 0.493 e. The van der Waals surface area contributed by atoms with Gasteiger partial charge in [0, 0.05) is 37.2 Å². The highest BCUT2D eigenvalue weighted by Gasteiger charge is 2.20. The second-order valence-corrected chi connectivity index (χ2v) is 8.02. The highest BCUT2D eigenvalue weighted by Crippen LogP contribution is 2.34. The van der Waals surface area contributed by atoms with E-state index in [1.54, 1.807) is 19.6 Å². The lowest BCUT2D eigenvalue weighted by Gasteiger charge is -2.20. The third kappa shape index (κ3) is 6.03. The Morgan fingerprint density at radius 3 is 2.76 bits per heavy atom. The van der Waals surface area contributed by atoms with Gasteiger partial charge in [0.05, 0.1) is 19.8 Å². The van der Waals surface area contributed by atoms with Crippen molar-refractivity contribution in [3.05, 3.63) is 66.4 Å². The molecule has 0 aliphatic heterocycles. The Balaban J connectivity index is 1.42. The van der Waals surface area contributed by atoms with E-state index >= 15 is 0 Å². The molecule has 33 heavy (non-hydrogen) atoms. The number of imidazole rings is 1. The quantitative estimate of drug-likeness (QED) is 0.382. The van der Waals surface area contributed by atoms with E-state index in [2.05, 4.69) is 33.6 Å². The van der Waals surface area contributed by atoms with Crippen molar-refractivity contribution < 1.29 is 9.47 Å². The first-order chi connectivity index (χ1) is 16.3. The SMILES string of the molecule is CCNC(=NCc1ccc(-n2ccnc2)nc1)NCc1cccc(OC)c1OC1CCCC1. The van der Waals surface area contributed by atoms with Crippen molar-refractivity contribution in [3.63, 3.8) is 0 Å². The number of nitrogens with zero attached hydrogens (tertiary/aromatic N) is 4. The molecule has 4 rings (SSSR count). The minimum absolute atomic E-state index is 0.264. The van der Waals surface area contributed by atoms with Gasteiger partial charge in [0.2, 0.25) is 0 Å². The summed E-state index contributed by atoms with van der Waals surface area (Å²) < 4.78 is 13.8. The van der Waals surface area contributed by atoms with E-state index in [-0.39, 0.29) is 6.10 Å². The van der Waals surface area contributed by atoms with Crippen LogP contribution in [0.5, 0.6) is 11.5 Å². The molecule has 2 heterocycles. The van der Waals surface area contributed by atoms with Crippen LogP contribution in [-0.4, -0.2) is 40.3 Å². The summed E-state index contributed by atoms with van der Waals surface area (Å²) in [6.45, 7) is 3.94. The number of pyridine rings is 1.